The summed E-state index contributed by atoms with van der Waals surface area (Å²) in [7, 11) is 0. The Hall–Kier alpha value is -1.77. The van der Waals surface area contributed by atoms with E-state index in [0.29, 0.717) is 22.5 Å². The van der Waals surface area contributed by atoms with Gasteiger partial charge in [-0.05, 0) is 36.8 Å². The van der Waals surface area contributed by atoms with Crippen LogP contribution < -0.4 is 4.74 Å². The van der Waals surface area contributed by atoms with Gasteiger partial charge in [0.15, 0.2) is 0 Å². The highest BCUT2D eigenvalue weighted by Gasteiger charge is 2.11. The first kappa shape index (κ1) is 14.2. The molecule has 0 unspecified atom stereocenters. The van der Waals surface area contributed by atoms with Gasteiger partial charge in [0.2, 0.25) is 5.88 Å². The van der Waals surface area contributed by atoms with Crippen molar-refractivity contribution in [2.45, 2.75) is 6.92 Å². The van der Waals surface area contributed by atoms with E-state index in [1.165, 1.54) is 0 Å². The Morgan fingerprint density at radius 1 is 1.00 bits per heavy atom. The lowest BCUT2D eigenvalue weighted by Crippen LogP contribution is -1.96. The number of fused-ring (bicyclic) bond motifs is 1. The highest BCUT2D eigenvalue weighted by Crippen LogP contribution is 2.36. The summed E-state index contributed by atoms with van der Waals surface area (Å²) in [4.78, 5) is 4.50. The summed E-state index contributed by atoms with van der Waals surface area (Å²) in [6.07, 6.45) is 0. The molecule has 0 fully saturated rings. The minimum Gasteiger partial charge on any atom is -0.478 e. The van der Waals surface area contributed by atoms with Gasteiger partial charge in [-0.1, -0.05) is 41.4 Å². The van der Waals surface area contributed by atoms with Gasteiger partial charge >= 0.3 is 0 Å². The lowest BCUT2D eigenvalue weighted by molar-refractivity contribution is 0.328. The normalized spacial score (nSPS) is 10.8. The number of aromatic nitrogens is 1. The van der Waals surface area contributed by atoms with Crippen LogP contribution in [0.5, 0.6) is 5.88 Å². The number of hydrogen-bond acceptors (Lipinski definition) is 2. The van der Waals surface area contributed by atoms with E-state index < -0.39 is 0 Å². The first-order chi connectivity index (χ1) is 10.2. The summed E-state index contributed by atoms with van der Waals surface area (Å²) in [6.45, 7) is 2.50. The molecule has 3 rings (SSSR count). The van der Waals surface area contributed by atoms with Crippen molar-refractivity contribution in [2.75, 3.05) is 6.61 Å². The standard InChI is InChI=1S/C17H13Cl2NO/c1-2-21-17-10-13(12-5-3-4-6-15(12)19)14-9-11(18)7-8-16(14)20-17/h3-10H,2H2,1H3. The molecule has 0 saturated heterocycles. The second-order valence-electron chi connectivity index (χ2n) is 4.58. The molecule has 4 heteroatoms. The Bertz CT molecular complexity index is 802. The maximum atomic E-state index is 6.33. The minimum absolute atomic E-state index is 0.564. The molecule has 0 N–H and O–H groups in total. The van der Waals surface area contributed by atoms with Crippen LogP contribution in [0.25, 0.3) is 22.0 Å². The average Bonchev–Trinajstić information content (AvgIpc) is 2.48. The topological polar surface area (TPSA) is 22.1 Å². The smallest absolute Gasteiger partial charge is 0.214 e. The predicted molar refractivity (Wildman–Crippen MR) is 88.4 cm³/mol. The summed E-state index contributed by atoms with van der Waals surface area (Å²) in [5.74, 6) is 0.585. The molecule has 0 saturated carbocycles. The van der Waals surface area contributed by atoms with Crippen LogP contribution in [-0.4, -0.2) is 11.6 Å². The molecule has 2 aromatic carbocycles. The largest absolute Gasteiger partial charge is 0.478 e. The van der Waals surface area contributed by atoms with Gasteiger partial charge in [0.1, 0.15) is 0 Å². The van der Waals surface area contributed by atoms with Crippen LogP contribution in [0.1, 0.15) is 6.92 Å². The highest BCUT2D eigenvalue weighted by atomic mass is 35.5. The first-order valence-electron chi connectivity index (χ1n) is 6.67. The number of nitrogens with zero attached hydrogens (tertiary/aromatic N) is 1. The van der Waals surface area contributed by atoms with Gasteiger partial charge in [-0.15, -0.1) is 0 Å². The molecule has 0 atom stereocenters. The molecule has 0 aliphatic rings. The van der Waals surface area contributed by atoms with E-state index >= 15 is 0 Å². The van der Waals surface area contributed by atoms with Crippen molar-refractivity contribution >= 4 is 34.1 Å². The lowest BCUT2D eigenvalue weighted by Gasteiger charge is -2.11. The van der Waals surface area contributed by atoms with Crippen molar-refractivity contribution in [2.24, 2.45) is 0 Å². The van der Waals surface area contributed by atoms with Crippen LogP contribution in [0, 0.1) is 0 Å². The van der Waals surface area contributed by atoms with Crippen LogP contribution in [0.4, 0.5) is 0 Å². The van der Waals surface area contributed by atoms with Gasteiger partial charge in [-0.25, -0.2) is 4.98 Å². The number of halogens is 2. The predicted octanol–water partition coefficient (Wildman–Crippen LogP) is 5.61. The maximum Gasteiger partial charge on any atom is 0.214 e. The summed E-state index contributed by atoms with van der Waals surface area (Å²) in [5.41, 5.74) is 2.74. The molecule has 0 bridgehead atoms. The number of benzene rings is 2. The quantitative estimate of drug-likeness (QED) is 0.626. The molecular formula is C17H13Cl2NO. The monoisotopic (exact) mass is 317 g/mol. The molecule has 0 aliphatic heterocycles. The van der Waals surface area contributed by atoms with Crippen molar-refractivity contribution in [3.8, 4) is 17.0 Å². The minimum atomic E-state index is 0.564. The van der Waals surface area contributed by atoms with Gasteiger partial charge in [0.05, 0.1) is 12.1 Å². The fraction of sp³-hybridized carbons (Fsp3) is 0.118. The van der Waals surface area contributed by atoms with Crippen LogP contribution in [-0.2, 0) is 0 Å². The zero-order chi connectivity index (χ0) is 14.8. The second kappa shape index (κ2) is 5.92. The summed E-state index contributed by atoms with van der Waals surface area (Å²) < 4.78 is 5.56. The van der Waals surface area contributed by atoms with E-state index in [1.807, 2.05) is 55.5 Å². The fourth-order valence-corrected chi connectivity index (χ4v) is 2.71. The molecule has 0 aliphatic carbocycles. The molecule has 21 heavy (non-hydrogen) atoms. The van der Waals surface area contributed by atoms with Crippen LogP contribution in [0.3, 0.4) is 0 Å². The summed E-state index contributed by atoms with van der Waals surface area (Å²) >= 11 is 12.5. The van der Waals surface area contributed by atoms with E-state index in [9.17, 15) is 0 Å². The number of hydrogen-bond donors (Lipinski definition) is 0. The molecule has 3 aromatic rings. The summed E-state index contributed by atoms with van der Waals surface area (Å²) in [6, 6.07) is 15.2. The molecular weight excluding hydrogens is 305 g/mol. The average molecular weight is 318 g/mol. The number of rotatable bonds is 3. The Morgan fingerprint density at radius 3 is 2.57 bits per heavy atom. The van der Waals surface area contributed by atoms with Crippen LogP contribution in [0.15, 0.2) is 48.5 Å². The molecule has 0 amide bonds. The maximum absolute atomic E-state index is 6.33. The fourth-order valence-electron chi connectivity index (χ4n) is 2.30. The molecule has 0 radical (unpaired) electrons. The molecule has 2 nitrogen and oxygen atoms in total. The van der Waals surface area contributed by atoms with E-state index in [1.54, 1.807) is 0 Å². The first-order valence-corrected chi connectivity index (χ1v) is 7.42. The highest BCUT2D eigenvalue weighted by molar-refractivity contribution is 6.34. The summed E-state index contributed by atoms with van der Waals surface area (Å²) in [5, 5.41) is 2.31. The Labute approximate surface area is 133 Å². The van der Waals surface area contributed by atoms with E-state index in [-0.39, 0.29) is 0 Å². The second-order valence-corrected chi connectivity index (χ2v) is 5.43. The van der Waals surface area contributed by atoms with Gasteiger partial charge in [0.25, 0.3) is 0 Å². The third kappa shape index (κ3) is 2.82. The van der Waals surface area contributed by atoms with Gasteiger partial charge in [0, 0.05) is 27.1 Å². The number of ether oxygens (including phenoxy) is 1. The van der Waals surface area contributed by atoms with Gasteiger partial charge in [-0.2, -0.15) is 0 Å². The van der Waals surface area contributed by atoms with E-state index in [0.717, 1.165) is 22.0 Å². The zero-order valence-electron chi connectivity index (χ0n) is 11.4. The molecule has 1 heterocycles. The molecule has 1 aromatic heterocycles. The Balaban J connectivity index is 2.33. The van der Waals surface area contributed by atoms with Crippen molar-refractivity contribution in [1.82, 2.24) is 4.98 Å². The van der Waals surface area contributed by atoms with Crippen LogP contribution in [0.2, 0.25) is 10.0 Å². The Kier molecular flexibility index (Phi) is 4.00. The van der Waals surface area contributed by atoms with Gasteiger partial charge < -0.3 is 4.74 Å². The number of pyridine rings is 1. The molecule has 0 spiro atoms. The van der Waals surface area contributed by atoms with Crippen molar-refractivity contribution in [3.63, 3.8) is 0 Å². The van der Waals surface area contributed by atoms with Crippen molar-refractivity contribution in [3.05, 3.63) is 58.6 Å². The third-order valence-electron chi connectivity index (χ3n) is 3.20. The lowest BCUT2D eigenvalue weighted by atomic mass is 10.0. The van der Waals surface area contributed by atoms with Crippen molar-refractivity contribution < 1.29 is 4.74 Å². The SMILES string of the molecule is CCOc1cc(-c2ccccc2Cl)c2cc(Cl)ccc2n1. The molecule has 106 valence electrons. The van der Waals surface area contributed by atoms with Gasteiger partial charge in [-0.3, -0.25) is 0 Å². The Morgan fingerprint density at radius 2 is 1.81 bits per heavy atom. The van der Waals surface area contributed by atoms with Crippen molar-refractivity contribution in [1.29, 1.82) is 0 Å². The van der Waals surface area contributed by atoms with Crippen LogP contribution >= 0.6 is 23.2 Å². The van der Waals surface area contributed by atoms with E-state index in [2.05, 4.69) is 4.98 Å². The third-order valence-corrected chi connectivity index (χ3v) is 3.77. The zero-order valence-corrected chi connectivity index (χ0v) is 12.9. The van der Waals surface area contributed by atoms with E-state index in [4.69, 9.17) is 27.9 Å².